The molecule has 1 saturated heterocycles. The van der Waals surface area contributed by atoms with Crippen LogP contribution in [0.3, 0.4) is 0 Å². The summed E-state index contributed by atoms with van der Waals surface area (Å²) in [7, 11) is 0. The van der Waals surface area contributed by atoms with E-state index in [1.165, 1.54) is 0 Å². The molecule has 0 bridgehead atoms. The molecule has 0 radical (unpaired) electrons. The Morgan fingerprint density at radius 2 is 1.73 bits per heavy atom. The normalized spacial score (nSPS) is 40.4. The number of hydrogen-bond acceptors (Lipinski definition) is 2. The molecular formula is C9H19NS. The lowest BCUT2D eigenvalue weighted by atomic mass is 10.0. The van der Waals surface area contributed by atoms with Crippen LogP contribution >= 0.6 is 11.9 Å². The fourth-order valence-corrected chi connectivity index (χ4v) is 3.03. The Morgan fingerprint density at radius 1 is 1.18 bits per heavy atom. The average Bonchev–Trinajstić information content (AvgIpc) is 2.17. The molecule has 1 aliphatic heterocycles. The standard InChI is InChI=1S/C9H19NS/c1-6(2)10-8(4)7(3)9(5)11-10/h6-9H,1-5H3. The molecule has 1 fully saturated rings. The molecule has 66 valence electrons. The molecule has 0 aromatic heterocycles. The van der Waals surface area contributed by atoms with E-state index in [0.717, 1.165) is 17.2 Å². The maximum atomic E-state index is 2.52. The van der Waals surface area contributed by atoms with Crippen LogP contribution in [-0.2, 0) is 0 Å². The highest BCUT2D eigenvalue weighted by atomic mass is 32.2. The van der Waals surface area contributed by atoms with Crippen molar-refractivity contribution >= 4 is 11.9 Å². The van der Waals surface area contributed by atoms with Gasteiger partial charge in [-0.25, -0.2) is 4.31 Å². The van der Waals surface area contributed by atoms with Gasteiger partial charge in [0.05, 0.1) is 0 Å². The van der Waals surface area contributed by atoms with Gasteiger partial charge in [0, 0.05) is 17.3 Å². The second-order valence-corrected chi connectivity index (χ2v) is 5.24. The lowest BCUT2D eigenvalue weighted by molar-refractivity contribution is 0.280. The minimum absolute atomic E-state index is 0.683. The Kier molecular flexibility index (Phi) is 2.87. The summed E-state index contributed by atoms with van der Waals surface area (Å²) in [6.07, 6.45) is 0. The summed E-state index contributed by atoms with van der Waals surface area (Å²) in [5.41, 5.74) is 0. The molecule has 0 aromatic carbocycles. The first-order valence-electron chi connectivity index (χ1n) is 4.49. The molecule has 3 unspecified atom stereocenters. The first kappa shape index (κ1) is 9.40. The van der Waals surface area contributed by atoms with Gasteiger partial charge in [-0.05, 0) is 26.7 Å². The van der Waals surface area contributed by atoms with Gasteiger partial charge in [0.25, 0.3) is 0 Å². The predicted molar refractivity (Wildman–Crippen MR) is 52.7 cm³/mol. The van der Waals surface area contributed by atoms with Gasteiger partial charge in [0.1, 0.15) is 0 Å². The predicted octanol–water partition coefficient (Wildman–Crippen LogP) is 2.77. The monoisotopic (exact) mass is 173 g/mol. The maximum absolute atomic E-state index is 2.52. The average molecular weight is 173 g/mol. The van der Waals surface area contributed by atoms with E-state index in [2.05, 4.69) is 38.9 Å². The molecule has 2 heteroatoms. The lowest BCUT2D eigenvalue weighted by Crippen LogP contribution is -2.31. The van der Waals surface area contributed by atoms with Crippen molar-refractivity contribution in [1.82, 2.24) is 4.31 Å². The number of hydrogen-bond donors (Lipinski definition) is 0. The van der Waals surface area contributed by atoms with Gasteiger partial charge in [0.2, 0.25) is 0 Å². The first-order valence-corrected chi connectivity index (χ1v) is 5.32. The smallest absolute Gasteiger partial charge is 0.0213 e. The van der Waals surface area contributed by atoms with Gasteiger partial charge in [-0.2, -0.15) is 0 Å². The Hall–Kier alpha value is 0.310. The molecule has 1 rings (SSSR count). The summed E-state index contributed by atoms with van der Waals surface area (Å²) in [5.74, 6) is 0.836. The summed E-state index contributed by atoms with van der Waals surface area (Å²) in [6.45, 7) is 11.6. The largest absolute Gasteiger partial charge is 0.245 e. The Bertz CT molecular complexity index is 136. The zero-order chi connectivity index (χ0) is 8.59. The molecular weight excluding hydrogens is 154 g/mol. The fraction of sp³-hybridized carbons (Fsp3) is 1.00. The molecule has 0 saturated carbocycles. The molecule has 0 aliphatic carbocycles. The van der Waals surface area contributed by atoms with Crippen LogP contribution in [0.1, 0.15) is 34.6 Å². The zero-order valence-electron chi connectivity index (χ0n) is 8.16. The number of rotatable bonds is 1. The summed E-state index contributed by atoms with van der Waals surface area (Å²) < 4.78 is 2.52. The Morgan fingerprint density at radius 3 is 1.91 bits per heavy atom. The highest BCUT2D eigenvalue weighted by molar-refractivity contribution is 7.97. The van der Waals surface area contributed by atoms with Crippen LogP contribution in [0.5, 0.6) is 0 Å². The van der Waals surface area contributed by atoms with Crippen LogP contribution in [0.25, 0.3) is 0 Å². The third kappa shape index (κ3) is 1.73. The third-order valence-corrected chi connectivity index (χ3v) is 4.46. The van der Waals surface area contributed by atoms with Crippen molar-refractivity contribution in [2.24, 2.45) is 5.92 Å². The maximum Gasteiger partial charge on any atom is 0.0213 e. The van der Waals surface area contributed by atoms with Crippen molar-refractivity contribution in [3.63, 3.8) is 0 Å². The molecule has 11 heavy (non-hydrogen) atoms. The van der Waals surface area contributed by atoms with Gasteiger partial charge < -0.3 is 0 Å². The van der Waals surface area contributed by atoms with Crippen molar-refractivity contribution in [3.8, 4) is 0 Å². The minimum Gasteiger partial charge on any atom is -0.245 e. The van der Waals surface area contributed by atoms with Gasteiger partial charge in [0.15, 0.2) is 0 Å². The van der Waals surface area contributed by atoms with Crippen LogP contribution in [0.15, 0.2) is 0 Å². The summed E-state index contributed by atoms with van der Waals surface area (Å²) >= 11 is 2.02. The van der Waals surface area contributed by atoms with E-state index < -0.39 is 0 Å². The van der Waals surface area contributed by atoms with Crippen LogP contribution < -0.4 is 0 Å². The van der Waals surface area contributed by atoms with Crippen molar-refractivity contribution < 1.29 is 0 Å². The minimum atomic E-state index is 0.683. The first-order chi connectivity index (χ1) is 5.04. The highest BCUT2D eigenvalue weighted by Crippen LogP contribution is 2.39. The SMILES string of the molecule is CC1SN(C(C)C)C(C)C1C. The second kappa shape index (κ2) is 3.36. The number of nitrogens with zero attached hydrogens (tertiary/aromatic N) is 1. The summed E-state index contributed by atoms with van der Waals surface area (Å²) in [4.78, 5) is 0. The molecule has 0 aromatic rings. The molecule has 1 heterocycles. The lowest BCUT2D eigenvalue weighted by Gasteiger charge is -2.25. The molecule has 0 spiro atoms. The fourth-order valence-electron chi connectivity index (χ4n) is 1.60. The van der Waals surface area contributed by atoms with Crippen LogP contribution in [0, 0.1) is 5.92 Å². The van der Waals surface area contributed by atoms with Crippen LogP contribution in [0.4, 0.5) is 0 Å². The molecule has 0 N–H and O–H groups in total. The van der Waals surface area contributed by atoms with Crippen LogP contribution in [0.2, 0.25) is 0 Å². The van der Waals surface area contributed by atoms with E-state index in [0.29, 0.717) is 6.04 Å². The van der Waals surface area contributed by atoms with Crippen molar-refractivity contribution in [1.29, 1.82) is 0 Å². The van der Waals surface area contributed by atoms with Gasteiger partial charge >= 0.3 is 0 Å². The second-order valence-electron chi connectivity index (χ2n) is 3.86. The Labute approximate surface area is 74.7 Å². The topological polar surface area (TPSA) is 3.24 Å². The van der Waals surface area contributed by atoms with E-state index in [9.17, 15) is 0 Å². The van der Waals surface area contributed by atoms with E-state index in [4.69, 9.17) is 0 Å². The van der Waals surface area contributed by atoms with Gasteiger partial charge in [-0.3, -0.25) is 0 Å². The van der Waals surface area contributed by atoms with E-state index in [1.807, 2.05) is 11.9 Å². The zero-order valence-corrected chi connectivity index (χ0v) is 8.98. The molecule has 3 atom stereocenters. The quantitative estimate of drug-likeness (QED) is 0.561. The highest BCUT2D eigenvalue weighted by Gasteiger charge is 2.35. The van der Waals surface area contributed by atoms with Crippen molar-refractivity contribution in [3.05, 3.63) is 0 Å². The van der Waals surface area contributed by atoms with Gasteiger partial charge in [-0.1, -0.05) is 25.8 Å². The molecule has 1 nitrogen and oxygen atoms in total. The Balaban J connectivity index is 2.59. The van der Waals surface area contributed by atoms with E-state index >= 15 is 0 Å². The summed E-state index contributed by atoms with van der Waals surface area (Å²) in [5, 5.41) is 0.799. The third-order valence-electron chi connectivity index (χ3n) is 2.70. The van der Waals surface area contributed by atoms with Crippen molar-refractivity contribution in [2.45, 2.75) is 52.0 Å². The van der Waals surface area contributed by atoms with E-state index in [-0.39, 0.29) is 0 Å². The van der Waals surface area contributed by atoms with E-state index in [1.54, 1.807) is 0 Å². The molecule has 1 aliphatic rings. The molecule has 0 amide bonds. The van der Waals surface area contributed by atoms with Crippen LogP contribution in [-0.4, -0.2) is 21.6 Å². The summed E-state index contributed by atoms with van der Waals surface area (Å²) in [6, 6.07) is 1.43. The van der Waals surface area contributed by atoms with Gasteiger partial charge in [-0.15, -0.1) is 0 Å². The van der Waals surface area contributed by atoms with Crippen molar-refractivity contribution in [2.75, 3.05) is 0 Å².